The number of hydrogen-bond donors (Lipinski definition) is 2. The largest absolute Gasteiger partial charge is 0.493 e. The zero-order chi connectivity index (χ0) is 23.9. The second-order valence-corrected chi connectivity index (χ2v) is 7.68. The van der Waals surface area contributed by atoms with Gasteiger partial charge in [0.05, 0.1) is 34.0 Å². The molecule has 1 fully saturated rings. The van der Waals surface area contributed by atoms with Gasteiger partial charge >= 0.3 is 0 Å². The van der Waals surface area contributed by atoms with E-state index in [2.05, 4.69) is 15.6 Å². The smallest absolute Gasteiger partial charge is 0.258 e. The molecule has 0 aromatic heterocycles. The van der Waals surface area contributed by atoms with Gasteiger partial charge in [-0.05, 0) is 37.1 Å². The Morgan fingerprint density at radius 2 is 1.74 bits per heavy atom. The lowest BCUT2D eigenvalue weighted by atomic mass is 10.1. The average Bonchev–Trinajstić information content (AvgIpc) is 3.40. The Morgan fingerprint density at radius 3 is 2.38 bits per heavy atom. The molecule has 0 unspecified atom stereocenters. The van der Waals surface area contributed by atoms with Crippen molar-refractivity contribution in [1.29, 1.82) is 0 Å². The number of rotatable bonds is 7. The van der Waals surface area contributed by atoms with Crippen LogP contribution >= 0.6 is 0 Å². The van der Waals surface area contributed by atoms with Crippen LogP contribution in [0.15, 0.2) is 35.3 Å². The molecule has 1 amide bonds. The van der Waals surface area contributed by atoms with E-state index in [4.69, 9.17) is 28.4 Å². The lowest BCUT2D eigenvalue weighted by Gasteiger charge is -2.20. The summed E-state index contributed by atoms with van der Waals surface area (Å²) in [6, 6.07) is 8.62. The van der Waals surface area contributed by atoms with Crippen LogP contribution in [0.3, 0.4) is 0 Å². The Bertz CT molecular complexity index is 1030. The molecular weight excluding hydrogens is 442 g/mol. The molecule has 10 heteroatoms. The summed E-state index contributed by atoms with van der Waals surface area (Å²) in [5.41, 5.74) is 1.02. The number of ether oxygens (including phenoxy) is 6. The number of hydrogen-bond acceptors (Lipinski definition) is 8. The summed E-state index contributed by atoms with van der Waals surface area (Å²) in [5, 5.41) is 6.02. The number of methoxy groups -OCH3 is 3. The van der Waals surface area contributed by atoms with Gasteiger partial charge in [-0.1, -0.05) is 0 Å². The number of aliphatic imine (C=N–C) groups is 1. The molecule has 2 heterocycles. The highest BCUT2D eigenvalue weighted by Crippen LogP contribution is 2.38. The zero-order valence-electron chi connectivity index (χ0n) is 19.5. The summed E-state index contributed by atoms with van der Waals surface area (Å²) in [7, 11) is 4.50. The molecule has 0 bridgehead atoms. The Hall–Kier alpha value is -3.66. The molecule has 0 spiro atoms. The third-order valence-corrected chi connectivity index (χ3v) is 5.44. The zero-order valence-corrected chi connectivity index (χ0v) is 19.5. The van der Waals surface area contributed by atoms with Gasteiger partial charge in [-0.3, -0.25) is 10.1 Å². The number of anilines is 1. The van der Waals surface area contributed by atoms with Crippen molar-refractivity contribution in [2.75, 3.05) is 53.0 Å². The fraction of sp³-hybridized carbons (Fsp3) is 0.417. The highest BCUT2D eigenvalue weighted by Gasteiger charge is 2.20. The van der Waals surface area contributed by atoms with Crippen LogP contribution in [0.25, 0.3) is 0 Å². The van der Waals surface area contributed by atoms with E-state index in [-0.39, 0.29) is 12.1 Å². The van der Waals surface area contributed by atoms with Crippen molar-refractivity contribution in [2.45, 2.75) is 18.9 Å². The van der Waals surface area contributed by atoms with Crippen molar-refractivity contribution >= 4 is 17.6 Å². The van der Waals surface area contributed by atoms with Gasteiger partial charge in [0.1, 0.15) is 13.2 Å². The van der Waals surface area contributed by atoms with E-state index in [1.807, 2.05) is 18.2 Å². The van der Waals surface area contributed by atoms with Gasteiger partial charge in [0.15, 0.2) is 23.0 Å². The molecule has 2 aromatic carbocycles. The molecule has 1 saturated heterocycles. The van der Waals surface area contributed by atoms with E-state index in [0.717, 1.165) is 19.4 Å². The second kappa shape index (κ2) is 11.0. The summed E-state index contributed by atoms with van der Waals surface area (Å²) in [5.74, 6) is 2.36. The molecule has 34 heavy (non-hydrogen) atoms. The highest BCUT2D eigenvalue weighted by molar-refractivity contribution is 6.10. The van der Waals surface area contributed by atoms with Crippen LogP contribution in [-0.4, -0.2) is 65.7 Å². The summed E-state index contributed by atoms with van der Waals surface area (Å²) < 4.78 is 33.0. The highest BCUT2D eigenvalue weighted by atomic mass is 16.6. The standard InChI is InChI=1S/C24H29N3O7/c1-29-20-11-15(12-21(30-2)22(20)31-3)23(28)27-24(25-14-17-5-4-8-32-17)26-16-6-7-18-19(13-16)34-10-9-33-18/h6-7,11-13,17H,4-5,8-10,14H2,1-3H3,(H2,25,26,27,28)/t17-/m1/s1. The van der Waals surface area contributed by atoms with E-state index in [1.54, 1.807) is 12.1 Å². The number of carbonyl (C=O) groups is 1. The van der Waals surface area contributed by atoms with Crippen LogP contribution in [0, 0.1) is 0 Å². The van der Waals surface area contributed by atoms with Gasteiger partial charge < -0.3 is 33.7 Å². The van der Waals surface area contributed by atoms with Crippen molar-refractivity contribution in [2.24, 2.45) is 4.99 Å². The number of guanidine groups is 1. The molecule has 10 nitrogen and oxygen atoms in total. The molecule has 182 valence electrons. The number of carbonyl (C=O) groups excluding carboxylic acids is 1. The predicted molar refractivity (Wildman–Crippen MR) is 126 cm³/mol. The van der Waals surface area contributed by atoms with Gasteiger partial charge in [-0.15, -0.1) is 0 Å². The maximum atomic E-state index is 13.2. The van der Waals surface area contributed by atoms with Crippen LogP contribution in [-0.2, 0) is 4.74 Å². The summed E-state index contributed by atoms with van der Waals surface area (Å²) in [6.45, 7) is 2.14. The van der Waals surface area contributed by atoms with Crippen molar-refractivity contribution in [3.63, 3.8) is 0 Å². The van der Waals surface area contributed by atoms with Crippen LogP contribution in [0.1, 0.15) is 23.2 Å². The molecule has 4 rings (SSSR count). The van der Waals surface area contributed by atoms with Gasteiger partial charge in [0, 0.05) is 23.9 Å². The van der Waals surface area contributed by atoms with Crippen molar-refractivity contribution in [3.05, 3.63) is 35.9 Å². The van der Waals surface area contributed by atoms with Gasteiger partial charge in [-0.2, -0.15) is 0 Å². The monoisotopic (exact) mass is 471 g/mol. The SMILES string of the molecule is COc1cc(C(=O)NC(=NC[C@H]2CCCO2)Nc2ccc3c(c2)OCCO3)cc(OC)c1OC. The summed E-state index contributed by atoms with van der Waals surface area (Å²) >= 11 is 0. The Labute approximate surface area is 198 Å². The molecule has 2 N–H and O–H groups in total. The van der Waals surface area contributed by atoms with Gasteiger partial charge in [0.25, 0.3) is 5.91 Å². The van der Waals surface area contributed by atoms with Crippen molar-refractivity contribution < 1.29 is 33.2 Å². The van der Waals surface area contributed by atoms with E-state index < -0.39 is 5.91 Å². The van der Waals surface area contributed by atoms with Crippen molar-refractivity contribution in [3.8, 4) is 28.7 Å². The number of nitrogens with one attached hydrogen (secondary N) is 2. The first-order chi connectivity index (χ1) is 16.6. The first-order valence-corrected chi connectivity index (χ1v) is 11.1. The second-order valence-electron chi connectivity index (χ2n) is 7.68. The fourth-order valence-electron chi connectivity index (χ4n) is 3.74. The molecule has 0 saturated carbocycles. The lowest BCUT2D eigenvalue weighted by molar-refractivity contribution is 0.0974. The molecule has 1 atom stereocenters. The van der Waals surface area contributed by atoms with Crippen molar-refractivity contribution in [1.82, 2.24) is 5.32 Å². The first kappa shape index (κ1) is 23.5. The minimum absolute atomic E-state index is 0.0233. The fourth-order valence-corrected chi connectivity index (χ4v) is 3.74. The molecular formula is C24H29N3O7. The third kappa shape index (κ3) is 5.45. The quantitative estimate of drug-likeness (QED) is 0.469. The number of benzene rings is 2. The average molecular weight is 472 g/mol. The van der Waals surface area contributed by atoms with Crippen LogP contribution in [0.4, 0.5) is 5.69 Å². The molecule has 2 aliphatic heterocycles. The summed E-state index contributed by atoms with van der Waals surface area (Å²) in [4.78, 5) is 17.7. The minimum atomic E-state index is -0.393. The predicted octanol–water partition coefficient (Wildman–Crippen LogP) is 2.86. The maximum Gasteiger partial charge on any atom is 0.258 e. The van der Waals surface area contributed by atoms with Crippen LogP contribution < -0.4 is 34.3 Å². The Balaban J connectivity index is 1.56. The topological polar surface area (TPSA) is 109 Å². The number of nitrogens with zero attached hydrogens (tertiary/aromatic N) is 1. The molecule has 0 aliphatic carbocycles. The number of amides is 1. The molecule has 2 aromatic rings. The van der Waals surface area contributed by atoms with Crippen LogP contribution in [0.2, 0.25) is 0 Å². The lowest BCUT2D eigenvalue weighted by Crippen LogP contribution is -2.36. The summed E-state index contributed by atoms with van der Waals surface area (Å²) in [6.07, 6.45) is 1.96. The third-order valence-electron chi connectivity index (χ3n) is 5.44. The van der Waals surface area contributed by atoms with Crippen LogP contribution in [0.5, 0.6) is 28.7 Å². The molecule has 0 radical (unpaired) electrons. The van der Waals surface area contributed by atoms with Gasteiger partial charge in [0.2, 0.25) is 11.7 Å². The van der Waals surface area contributed by atoms with E-state index in [9.17, 15) is 4.79 Å². The Morgan fingerprint density at radius 1 is 1.00 bits per heavy atom. The van der Waals surface area contributed by atoms with E-state index in [1.165, 1.54) is 21.3 Å². The van der Waals surface area contributed by atoms with E-state index >= 15 is 0 Å². The van der Waals surface area contributed by atoms with E-state index in [0.29, 0.717) is 59.8 Å². The Kier molecular flexibility index (Phi) is 7.58. The first-order valence-electron chi connectivity index (χ1n) is 11.1. The maximum absolute atomic E-state index is 13.2. The normalized spacial score (nSPS) is 17.1. The number of fused-ring (bicyclic) bond motifs is 1. The van der Waals surface area contributed by atoms with Gasteiger partial charge in [-0.25, -0.2) is 4.99 Å². The molecule has 2 aliphatic rings. The minimum Gasteiger partial charge on any atom is -0.493 e.